The van der Waals surface area contributed by atoms with E-state index in [1.165, 1.54) is 17.3 Å². The fourth-order valence-corrected chi connectivity index (χ4v) is 4.49. The van der Waals surface area contributed by atoms with Gasteiger partial charge < -0.3 is 10.4 Å². The lowest BCUT2D eigenvalue weighted by molar-refractivity contribution is 0.0697. The lowest BCUT2D eigenvalue weighted by Gasteiger charge is -2.22. The number of carboxylic acids is 1. The second kappa shape index (κ2) is 6.38. The third-order valence-corrected chi connectivity index (χ3v) is 5.72. The van der Waals surface area contributed by atoms with Gasteiger partial charge in [0.1, 0.15) is 0 Å². The SMILES string of the molecule is Cc1cc(C(=O)O)ccc1NCC1CSCCS1. The molecule has 1 aliphatic heterocycles. The van der Waals surface area contributed by atoms with Gasteiger partial charge in [-0.05, 0) is 30.7 Å². The van der Waals surface area contributed by atoms with Crippen LogP contribution in [0, 0.1) is 6.92 Å². The van der Waals surface area contributed by atoms with Crippen LogP contribution in [0.3, 0.4) is 0 Å². The van der Waals surface area contributed by atoms with Crippen molar-refractivity contribution >= 4 is 35.2 Å². The number of benzene rings is 1. The van der Waals surface area contributed by atoms with Gasteiger partial charge >= 0.3 is 5.97 Å². The average Bonchev–Trinajstić information content (AvgIpc) is 2.38. The molecule has 1 unspecified atom stereocenters. The Balaban J connectivity index is 1.94. The Hall–Kier alpha value is -0.810. The highest BCUT2D eigenvalue weighted by atomic mass is 32.2. The number of hydrogen-bond donors (Lipinski definition) is 2. The van der Waals surface area contributed by atoms with Crippen LogP contribution in [0.2, 0.25) is 0 Å². The molecule has 1 aromatic rings. The van der Waals surface area contributed by atoms with Crippen LogP contribution in [-0.4, -0.2) is 40.1 Å². The van der Waals surface area contributed by atoms with E-state index < -0.39 is 5.97 Å². The van der Waals surface area contributed by atoms with Crippen LogP contribution >= 0.6 is 23.5 Å². The summed E-state index contributed by atoms with van der Waals surface area (Å²) < 4.78 is 0. The van der Waals surface area contributed by atoms with Gasteiger partial charge in [0.2, 0.25) is 0 Å². The molecular weight excluding hydrogens is 266 g/mol. The predicted molar refractivity (Wildman–Crippen MR) is 80.2 cm³/mol. The largest absolute Gasteiger partial charge is 0.478 e. The van der Waals surface area contributed by atoms with E-state index in [2.05, 4.69) is 5.32 Å². The lowest BCUT2D eigenvalue weighted by Crippen LogP contribution is -2.23. The second-order valence-electron chi connectivity index (χ2n) is 4.28. The molecule has 1 heterocycles. The van der Waals surface area contributed by atoms with E-state index in [9.17, 15) is 4.79 Å². The van der Waals surface area contributed by atoms with Gasteiger partial charge in [-0.3, -0.25) is 0 Å². The molecule has 0 spiro atoms. The maximum Gasteiger partial charge on any atom is 0.335 e. The highest BCUT2D eigenvalue weighted by Crippen LogP contribution is 2.25. The minimum atomic E-state index is -0.871. The number of nitrogens with one attached hydrogen (secondary N) is 1. The highest BCUT2D eigenvalue weighted by Gasteiger charge is 2.14. The van der Waals surface area contributed by atoms with Crippen molar-refractivity contribution < 1.29 is 9.90 Å². The van der Waals surface area contributed by atoms with E-state index >= 15 is 0 Å². The third-order valence-electron chi connectivity index (χ3n) is 2.88. The molecule has 0 aliphatic carbocycles. The maximum absolute atomic E-state index is 10.8. The Kier molecular flexibility index (Phi) is 4.83. The molecule has 5 heteroatoms. The summed E-state index contributed by atoms with van der Waals surface area (Å²) in [6.07, 6.45) is 0. The molecule has 1 aliphatic rings. The summed E-state index contributed by atoms with van der Waals surface area (Å²) in [6, 6.07) is 5.23. The van der Waals surface area contributed by atoms with Crippen LogP contribution in [0.4, 0.5) is 5.69 Å². The van der Waals surface area contributed by atoms with Crippen molar-refractivity contribution in [2.24, 2.45) is 0 Å². The summed E-state index contributed by atoms with van der Waals surface area (Å²) in [5.41, 5.74) is 2.38. The molecule has 2 N–H and O–H groups in total. The predicted octanol–water partition coefficient (Wildman–Crippen LogP) is 2.95. The van der Waals surface area contributed by atoms with Gasteiger partial charge in [0, 0.05) is 34.7 Å². The Morgan fingerprint density at radius 2 is 2.33 bits per heavy atom. The van der Waals surface area contributed by atoms with Gasteiger partial charge in [-0.15, -0.1) is 0 Å². The van der Waals surface area contributed by atoms with Gasteiger partial charge in [0.05, 0.1) is 5.56 Å². The van der Waals surface area contributed by atoms with E-state index in [1.54, 1.807) is 12.1 Å². The molecule has 3 nitrogen and oxygen atoms in total. The Labute approximate surface area is 116 Å². The van der Waals surface area contributed by atoms with E-state index in [-0.39, 0.29) is 0 Å². The van der Waals surface area contributed by atoms with Crippen molar-refractivity contribution in [1.82, 2.24) is 0 Å². The number of anilines is 1. The summed E-state index contributed by atoms with van der Waals surface area (Å²) >= 11 is 4.03. The zero-order valence-electron chi connectivity index (χ0n) is 10.3. The highest BCUT2D eigenvalue weighted by molar-refractivity contribution is 8.06. The summed E-state index contributed by atoms with van der Waals surface area (Å²) in [7, 11) is 0. The van der Waals surface area contributed by atoms with Crippen LogP contribution in [0.1, 0.15) is 15.9 Å². The summed E-state index contributed by atoms with van der Waals surface area (Å²) in [4.78, 5) is 10.8. The van der Waals surface area contributed by atoms with E-state index in [0.29, 0.717) is 10.8 Å². The Morgan fingerprint density at radius 1 is 1.50 bits per heavy atom. The molecular formula is C13H17NO2S2. The minimum Gasteiger partial charge on any atom is -0.478 e. The molecule has 1 saturated heterocycles. The quantitative estimate of drug-likeness (QED) is 0.889. The average molecular weight is 283 g/mol. The number of aromatic carboxylic acids is 1. The van der Waals surface area contributed by atoms with Gasteiger partial charge in [-0.25, -0.2) is 4.79 Å². The molecule has 1 fully saturated rings. The molecule has 18 heavy (non-hydrogen) atoms. The third kappa shape index (κ3) is 3.59. The van der Waals surface area contributed by atoms with Gasteiger partial charge in [0.15, 0.2) is 0 Å². The summed E-state index contributed by atoms with van der Waals surface area (Å²) in [5.74, 6) is 2.81. The molecule has 2 rings (SSSR count). The first-order valence-corrected chi connectivity index (χ1v) is 8.14. The van der Waals surface area contributed by atoms with Gasteiger partial charge in [-0.1, -0.05) is 0 Å². The summed E-state index contributed by atoms with van der Waals surface area (Å²) in [5, 5.41) is 13.0. The Bertz CT molecular complexity index is 431. The van der Waals surface area contributed by atoms with Crippen LogP contribution in [0.15, 0.2) is 18.2 Å². The number of carboxylic acid groups (broad SMARTS) is 1. The van der Waals surface area contributed by atoms with E-state index in [0.717, 1.165) is 17.8 Å². The number of hydrogen-bond acceptors (Lipinski definition) is 4. The number of aryl methyl sites for hydroxylation is 1. The maximum atomic E-state index is 10.8. The molecule has 1 aromatic carbocycles. The van der Waals surface area contributed by atoms with Crippen LogP contribution < -0.4 is 5.32 Å². The van der Waals surface area contributed by atoms with E-state index in [4.69, 9.17) is 5.11 Å². The van der Waals surface area contributed by atoms with Gasteiger partial charge in [0.25, 0.3) is 0 Å². The number of thioether (sulfide) groups is 2. The zero-order valence-corrected chi connectivity index (χ0v) is 11.9. The lowest BCUT2D eigenvalue weighted by atomic mass is 10.1. The first-order chi connectivity index (χ1) is 8.66. The first-order valence-electron chi connectivity index (χ1n) is 5.94. The molecule has 0 bridgehead atoms. The van der Waals surface area contributed by atoms with Crippen molar-refractivity contribution in [3.05, 3.63) is 29.3 Å². The minimum absolute atomic E-state index is 0.348. The molecule has 0 radical (unpaired) electrons. The van der Waals surface area contributed by atoms with Crippen LogP contribution in [-0.2, 0) is 0 Å². The van der Waals surface area contributed by atoms with Crippen molar-refractivity contribution in [1.29, 1.82) is 0 Å². The zero-order chi connectivity index (χ0) is 13.0. The van der Waals surface area contributed by atoms with Crippen molar-refractivity contribution in [3.63, 3.8) is 0 Å². The monoisotopic (exact) mass is 283 g/mol. The van der Waals surface area contributed by atoms with E-state index in [1.807, 2.05) is 36.5 Å². The fourth-order valence-electron chi connectivity index (χ4n) is 1.87. The van der Waals surface area contributed by atoms with Crippen LogP contribution in [0.5, 0.6) is 0 Å². The number of carbonyl (C=O) groups is 1. The molecule has 1 atom stereocenters. The molecule has 0 aromatic heterocycles. The fraction of sp³-hybridized carbons (Fsp3) is 0.462. The standard InChI is InChI=1S/C13H17NO2S2/c1-9-6-10(13(15)16)2-3-12(9)14-7-11-8-17-4-5-18-11/h2-3,6,11,14H,4-5,7-8H2,1H3,(H,15,16). The van der Waals surface area contributed by atoms with Crippen LogP contribution in [0.25, 0.3) is 0 Å². The van der Waals surface area contributed by atoms with Gasteiger partial charge in [-0.2, -0.15) is 23.5 Å². The smallest absolute Gasteiger partial charge is 0.335 e. The topological polar surface area (TPSA) is 49.3 Å². The molecule has 0 amide bonds. The number of rotatable bonds is 4. The normalized spacial score (nSPS) is 19.5. The molecule has 0 saturated carbocycles. The first kappa shape index (κ1) is 13.6. The van der Waals surface area contributed by atoms with Crippen molar-refractivity contribution in [3.8, 4) is 0 Å². The van der Waals surface area contributed by atoms with Crippen molar-refractivity contribution in [2.75, 3.05) is 29.1 Å². The second-order valence-corrected chi connectivity index (χ2v) is 6.84. The summed E-state index contributed by atoms with van der Waals surface area (Å²) in [6.45, 7) is 2.89. The molecule has 98 valence electrons. The Morgan fingerprint density at radius 3 is 2.94 bits per heavy atom. The van der Waals surface area contributed by atoms with Crippen molar-refractivity contribution in [2.45, 2.75) is 12.2 Å².